The molecule has 108 valence electrons. The molecule has 1 aromatic heterocycles. The van der Waals surface area contributed by atoms with Crippen molar-refractivity contribution in [2.24, 2.45) is 0 Å². The van der Waals surface area contributed by atoms with Crippen molar-refractivity contribution in [1.29, 1.82) is 0 Å². The van der Waals surface area contributed by atoms with Crippen molar-refractivity contribution in [3.63, 3.8) is 0 Å². The van der Waals surface area contributed by atoms with Crippen LogP contribution < -0.4 is 0 Å². The first-order chi connectivity index (χ1) is 10.3. The summed E-state index contributed by atoms with van der Waals surface area (Å²) in [7, 11) is 0. The van der Waals surface area contributed by atoms with E-state index in [-0.39, 0.29) is 11.9 Å². The summed E-state index contributed by atoms with van der Waals surface area (Å²) in [6, 6.07) is 13.6. The van der Waals surface area contributed by atoms with Crippen LogP contribution in [0.4, 0.5) is 0 Å². The molecule has 0 radical (unpaired) electrons. The van der Waals surface area contributed by atoms with E-state index < -0.39 is 0 Å². The Morgan fingerprint density at radius 1 is 1.14 bits per heavy atom. The summed E-state index contributed by atoms with van der Waals surface area (Å²) in [6.45, 7) is 0.814. The molecule has 2 aromatic rings. The third-order valence-electron chi connectivity index (χ3n) is 3.98. The number of nitrogens with zero attached hydrogens (tertiary/aromatic N) is 1. The highest BCUT2D eigenvalue weighted by Gasteiger charge is 2.28. The minimum atomic E-state index is 0.114. The average Bonchev–Trinajstić information content (AvgIpc) is 2.56. The predicted molar refractivity (Wildman–Crippen MR) is 85.7 cm³/mol. The van der Waals surface area contributed by atoms with Gasteiger partial charge in [0.05, 0.1) is 6.04 Å². The second-order valence-corrected chi connectivity index (χ2v) is 5.80. The van der Waals surface area contributed by atoms with Gasteiger partial charge in [-0.3, -0.25) is 4.79 Å². The zero-order valence-corrected chi connectivity index (χ0v) is 12.6. The number of carbonyl (C=O) groups is 1. The summed E-state index contributed by atoms with van der Waals surface area (Å²) in [5.41, 5.74) is 1.89. The summed E-state index contributed by atoms with van der Waals surface area (Å²) >= 11 is 5.09. The Hall–Kier alpha value is -1.94. The van der Waals surface area contributed by atoms with Crippen LogP contribution >= 0.6 is 12.2 Å². The Morgan fingerprint density at radius 2 is 1.95 bits per heavy atom. The van der Waals surface area contributed by atoms with Crippen LogP contribution in [0.3, 0.4) is 0 Å². The van der Waals surface area contributed by atoms with Crippen molar-refractivity contribution < 1.29 is 4.79 Å². The number of amides is 1. The summed E-state index contributed by atoms with van der Waals surface area (Å²) in [6.07, 6.45) is 5.16. The topological polar surface area (TPSA) is 36.1 Å². The summed E-state index contributed by atoms with van der Waals surface area (Å²) in [5.74, 6) is 0.114. The molecule has 0 bridgehead atoms. The van der Waals surface area contributed by atoms with Gasteiger partial charge in [0.25, 0.3) is 5.91 Å². The van der Waals surface area contributed by atoms with Gasteiger partial charge in [-0.05, 0) is 43.0 Å². The molecule has 3 rings (SSSR count). The largest absolute Gasteiger partial charge is 0.353 e. The molecule has 0 saturated carbocycles. The van der Waals surface area contributed by atoms with E-state index in [1.165, 1.54) is 0 Å². The third-order valence-corrected chi connectivity index (χ3v) is 4.23. The van der Waals surface area contributed by atoms with Crippen molar-refractivity contribution in [2.75, 3.05) is 6.54 Å². The zero-order valence-electron chi connectivity index (χ0n) is 11.8. The van der Waals surface area contributed by atoms with Crippen molar-refractivity contribution >= 4 is 18.1 Å². The van der Waals surface area contributed by atoms with Crippen molar-refractivity contribution in [1.82, 2.24) is 9.88 Å². The maximum atomic E-state index is 12.7. The van der Waals surface area contributed by atoms with E-state index in [0.29, 0.717) is 0 Å². The molecular formula is C17H18N2OS. The predicted octanol–water partition coefficient (Wildman–Crippen LogP) is 4.11. The van der Waals surface area contributed by atoms with Gasteiger partial charge in [-0.25, -0.2) is 0 Å². The van der Waals surface area contributed by atoms with Crippen molar-refractivity contribution in [2.45, 2.75) is 25.3 Å². The van der Waals surface area contributed by atoms with E-state index in [0.717, 1.165) is 41.6 Å². The van der Waals surface area contributed by atoms with Crippen LogP contribution in [0, 0.1) is 4.64 Å². The van der Waals surface area contributed by atoms with Gasteiger partial charge in [0.2, 0.25) is 0 Å². The highest BCUT2D eigenvalue weighted by Crippen LogP contribution is 2.31. The second-order valence-electron chi connectivity index (χ2n) is 5.36. The van der Waals surface area contributed by atoms with Gasteiger partial charge in [0.1, 0.15) is 4.64 Å². The lowest BCUT2D eigenvalue weighted by atomic mass is 9.95. The molecule has 2 heterocycles. The van der Waals surface area contributed by atoms with Gasteiger partial charge in [0, 0.05) is 18.3 Å². The molecule has 21 heavy (non-hydrogen) atoms. The number of benzene rings is 1. The number of H-pyrrole nitrogens is 1. The molecule has 1 saturated heterocycles. The molecule has 1 aromatic carbocycles. The molecule has 1 fully saturated rings. The minimum absolute atomic E-state index is 0.114. The van der Waals surface area contributed by atoms with E-state index in [1.807, 2.05) is 53.6 Å². The van der Waals surface area contributed by atoms with E-state index in [9.17, 15) is 4.79 Å². The first kappa shape index (κ1) is 14.0. The number of hydrogen-bond donors (Lipinski definition) is 1. The lowest BCUT2D eigenvalue weighted by Gasteiger charge is -2.36. The molecule has 0 aliphatic carbocycles. The molecule has 1 N–H and O–H groups in total. The SMILES string of the molecule is O=C(c1ccccc1)N1CCCCC1c1ccc(=S)[nH]c1. The molecule has 1 unspecified atom stereocenters. The van der Waals surface area contributed by atoms with Gasteiger partial charge in [0.15, 0.2) is 0 Å². The number of aromatic nitrogens is 1. The monoisotopic (exact) mass is 298 g/mol. The number of nitrogens with one attached hydrogen (secondary N) is 1. The number of likely N-dealkylation sites (tertiary alicyclic amines) is 1. The molecule has 0 spiro atoms. The average molecular weight is 298 g/mol. The highest BCUT2D eigenvalue weighted by molar-refractivity contribution is 7.71. The Labute approximate surface area is 129 Å². The molecule has 1 aliphatic heterocycles. The van der Waals surface area contributed by atoms with Crippen molar-refractivity contribution in [3.05, 3.63) is 64.4 Å². The minimum Gasteiger partial charge on any atom is -0.353 e. The molecular weight excluding hydrogens is 280 g/mol. The molecule has 1 amide bonds. The third kappa shape index (κ3) is 3.05. The smallest absolute Gasteiger partial charge is 0.254 e. The van der Waals surface area contributed by atoms with Crippen LogP contribution in [0.1, 0.15) is 41.2 Å². The standard InChI is InChI=1S/C17H18N2OS/c20-17(13-6-2-1-3-7-13)19-11-5-4-8-15(19)14-9-10-16(21)18-12-14/h1-3,6-7,9-10,12,15H,4-5,8,11H2,(H,18,21). The summed E-state index contributed by atoms with van der Waals surface area (Å²) in [4.78, 5) is 17.8. The normalized spacial score (nSPS) is 18.5. The van der Waals surface area contributed by atoms with E-state index in [2.05, 4.69) is 4.98 Å². The Kier molecular flexibility index (Phi) is 4.15. The maximum Gasteiger partial charge on any atom is 0.254 e. The van der Waals surface area contributed by atoms with Gasteiger partial charge in [-0.15, -0.1) is 0 Å². The number of carbonyl (C=O) groups excluding carboxylic acids is 1. The number of piperidine rings is 1. The highest BCUT2D eigenvalue weighted by atomic mass is 32.1. The molecule has 1 atom stereocenters. The fraction of sp³-hybridized carbons (Fsp3) is 0.294. The van der Waals surface area contributed by atoms with Gasteiger partial charge < -0.3 is 9.88 Å². The van der Waals surface area contributed by atoms with Crippen molar-refractivity contribution in [3.8, 4) is 0 Å². The maximum absolute atomic E-state index is 12.7. The Morgan fingerprint density at radius 3 is 2.67 bits per heavy atom. The number of aromatic amines is 1. The number of hydrogen-bond acceptors (Lipinski definition) is 2. The van der Waals surface area contributed by atoms with Crippen LogP contribution in [0.25, 0.3) is 0 Å². The lowest BCUT2D eigenvalue weighted by molar-refractivity contribution is 0.0611. The van der Waals surface area contributed by atoms with Crippen LogP contribution in [-0.2, 0) is 0 Å². The molecule has 1 aliphatic rings. The van der Waals surface area contributed by atoms with E-state index >= 15 is 0 Å². The van der Waals surface area contributed by atoms with E-state index in [4.69, 9.17) is 12.2 Å². The van der Waals surface area contributed by atoms with Gasteiger partial charge in [-0.1, -0.05) is 36.5 Å². The lowest BCUT2D eigenvalue weighted by Crippen LogP contribution is -2.38. The quantitative estimate of drug-likeness (QED) is 0.847. The molecule has 3 nitrogen and oxygen atoms in total. The van der Waals surface area contributed by atoms with E-state index in [1.54, 1.807) is 0 Å². The number of rotatable bonds is 2. The van der Waals surface area contributed by atoms with Gasteiger partial charge in [-0.2, -0.15) is 0 Å². The van der Waals surface area contributed by atoms with Crippen LogP contribution in [0.15, 0.2) is 48.7 Å². The summed E-state index contributed by atoms with van der Waals surface area (Å²) in [5, 5.41) is 0. The summed E-state index contributed by atoms with van der Waals surface area (Å²) < 4.78 is 0.718. The van der Waals surface area contributed by atoms with Crippen LogP contribution in [0.2, 0.25) is 0 Å². The fourth-order valence-electron chi connectivity index (χ4n) is 2.90. The van der Waals surface area contributed by atoms with Gasteiger partial charge >= 0.3 is 0 Å². The Bertz CT molecular complexity index is 660. The molecule has 4 heteroatoms. The first-order valence-corrected chi connectivity index (χ1v) is 7.71. The van der Waals surface area contributed by atoms with Crippen LogP contribution in [-0.4, -0.2) is 22.3 Å². The van der Waals surface area contributed by atoms with Crippen LogP contribution in [0.5, 0.6) is 0 Å². The fourth-order valence-corrected chi connectivity index (χ4v) is 3.02. The Balaban J connectivity index is 1.89. The zero-order chi connectivity index (χ0) is 14.7. The second kappa shape index (κ2) is 6.22. The number of pyridine rings is 1. The first-order valence-electron chi connectivity index (χ1n) is 7.30.